The first-order valence-electron chi connectivity index (χ1n) is 9.04. The van der Waals surface area contributed by atoms with E-state index in [1.165, 1.54) is 6.07 Å². The van der Waals surface area contributed by atoms with Crippen LogP contribution in [0, 0.1) is 23.0 Å². The van der Waals surface area contributed by atoms with Crippen molar-refractivity contribution in [1.29, 1.82) is 0 Å². The minimum Gasteiger partial charge on any atom is -0.377 e. The summed E-state index contributed by atoms with van der Waals surface area (Å²) in [5, 5.41) is 6.69. The maximum absolute atomic E-state index is 13.8. The van der Waals surface area contributed by atoms with E-state index in [1.807, 2.05) is 6.92 Å². The molecule has 0 spiro atoms. The van der Waals surface area contributed by atoms with Crippen LogP contribution in [0.2, 0.25) is 0 Å². The Morgan fingerprint density at radius 1 is 1.35 bits per heavy atom. The molecule has 2 fully saturated rings. The van der Waals surface area contributed by atoms with Crippen LogP contribution in [0.1, 0.15) is 39.2 Å². The van der Waals surface area contributed by atoms with Crippen molar-refractivity contribution in [3.63, 3.8) is 0 Å². The predicted octanol–water partition coefficient (Wildman–Crippen LogP) is 3.84. The highest BCUT2D eigenvalue weighted by molar-refractivity contribution is 14.0. The Labute approximate surface area is 171 Å². The van der Waals surface area contributed by atoms with E-state index in [1.54, 1.807) is 0 Å². The average Bonchev–Trinajstić information content (AvgIpc) is 2.60. The van der Waals surface area contributed by atoms with Gasteiger partial charge in [0.15, 0.2) is 5.96 Å². The first-order chi connectivity index (χ1) is 11.9. The van der Waals surface area contributed by atoms with Gasteiger partial charge in [-0.25, -0.2) is 13.8 Å². The normalized spacial score (nSPS) is 27.0. The number of fused-ring (bicyclic) bond motifs is 1. The van der Waals surface area contributed by atoms with Crippen molar-refractivity contribution in [2.75, 3.05) is 13.2 Å². The van der Waals surface area contributed by atoms with Crippen LogP contribution in [0.15, 0.2) is 23.2 Å². The van der Waals surface area contributed by atoms with E-state index in [0.717, 1.165) is 31.6 Å². The topological polar surface area (TPSA) is 45.7 Å². The maximum atomic E-state index is 13.8. The fourth-order valence-electron chi connectivity index (χ4n) is 4.11. The van der Waals surface area contributed by atoms with Gasteiger partial charge in [-0.3, -0.25) is 0 Å². The Morgan fingerprint density at radius 3 is 2.85 bits per heavy atom. The quantitative estimate of drug-likeness (QED) is 0.392. The molecule has 4 nitrogen and oxygen atoms in total. The second-order valence-corrected chi connectivity index (χ2v) is 7.47. The number of nitrogens with zero attached hydrogens (tertiary/aromatic N) is 1. The molecule has 1 aromatic rings. The molecule has 3 atom stereocenters. The Balaban J connectivity index is 0.00000243. The van der Waals surface area contributed by atoms with Gasteiger partial charge in [0.05, 0.1) is 12.6 Å². The van der Waals surface area contributed by atoms with Crippen LogP contribution in [0.5, 0.6) is 0 Å². The van der Waals surface area contributed by atoms with E-state index in [2.05, 4.69) is 29.5 Å². The van der Waals surface area contributed by atoms with Crippen molar-refractivity contribution in [3.05, 3.63) is 35.4 Å². The third kappa shape index (κ3) is 4.30. The van der Waals surface area contributed by atoms with E-state index in [4.69, 9.17) is 4.74 Å². The van der Waals surface area contributed by atoms with Gasteiger partial charge in [0.1, 0.15) is 11.6 Å². The molecule has 0 radical (unpaired) electrons. The van der Waals surface area contributed by atoms with Gasteiger partial charge in [-0.2, -0.15) is 0 Å². The lowest BCUT2D eigenvalue weighted by Gasteiger charge is -2.60. The van der Waals surface area contributed by atoms with Gasteiger partial charge in [-0.1, -0.05) is 13.8 Å². The summed E-state index contributed by atoms with van der Waals surface area (Å²) in [6.07, 6.45) is 2.50. The zero-order valence-corrected chi connectivity index (χ0v) is 17.8. The third-order valence-electron chi connectivity index (χ3n) is 5.38. The zero-order chi connectivity index (χ0) is 18.0. The number of guanidine groups is 1. The van der Waals surface area contributed by atoms with Crippen LogP contribution in [0.25, 0.3) is 0 Å². The summed E-state index contributed by atoms with van der Waals surface area (Å²) in [5.74, 6) is 0.212. The van der Waals surface area contributed by atoms with Gasteiger partial charge >= 0.3 is 0 Å². The zero-order valence-electron chi connectivity index (χ0n) is 15.5. The van der Waals surface area contributed by atoms with Gasteiger partial charge in [0.25, 0.3) is 0 Å². The summed E-state index contributed by atoms with van der Waals surface area (Å²) in [4.78, 5) is 4.46. The first kappa shape index (κ1) is 21.3. The van der Waals surface area contributed by atoms with E-state index < -0.39 is 11.6 Å². The van der Waals surface area contributed by atoms with Gasteiger partial charge in [-0.15, -0.1) is 24.0 Å². The van der Waals surface area contributed by atoms with Gasteiger partial charge in [-0.05, 0) is 38.0 Å². The molecule has 3 rings (SSSR count). The molecular weight excluding hydrogens is 451 g/mol. The molecule has 0 amide bonds. The monoisotopic (exact) mass is 479 g/mol. The first-order valence-corrected chi connectivity index (χ1v) is 9.04. The van der Waals surface area contributed by atoms with Crippen molar-refractivity contribution in [1.82, 2.24) is 10.6 Å². The average molecular weight is 479 g/mol. The molecule has 7 heteroatoms. The standard InChI is InChI=1S/C19H27F2N3O.HI/c1-4-22-18(23-11-12-10-13(20)7-8-15(12)21)24-16-14-6-5-9-25-17(14)19(16,2)3;/h7-8,10,14,16-17H,4-6,9,11H2,1-3H3,(H2,22,23,24);1H. The predicted molar refractivity (Wildman–Crippen MR) is 110 cm³/mol. The molecule has 2 N–H and O–H groups in total. The number of halogens is 3. The van der Waals surface area contributed by atoms with Crippen LogP contribution in [0.4, 0.5) is 8.78 Å². The maximum Gasteiger partial charge on any atom is 0.191 e. The summed E-state index contributed by atoms with van der Waals surface area (Å²) in [7, 11) is 0. The summed E-state index contributed by atoms with van der Waals surface area (Å²) >= 11 is 0. The largest absolute Gasteiger partial charge is 0.377 e. The SMILES string of the molecule is CCNC(=NCc1cc(F)ccc1F)NC1C2CCCOC2C1(C)C.I. The fourth-order valence-corrected chi connectivity index (χ4v) is 4.11. The van der Waals surface area contributed by atoms with Crippen LogP contribution >= 0.6 is 24.0 Å². The van der Waals surface area contributed by atoms with Crippen LogP contribution in [-0.2, 0) is 11.3 Å². The molecule has 1 saturated heterocycles. The molecular formula is C19H28F2IN3O. The second kappa shape index (κ2) is 8.82. The van der Waals surface area contributed by atoms with Crippen molar-refractivity contribution in [2.45, 2.75) is 52.3 Å². The molecule has 1 aromatic carbocycles. The minimum atomic E-state index is -0.452. The third-order valence-corrected chi connectivity index (χ3v) is 5.38. The van der Waals surface area contributed by atoms with Crippen LogP contribution in [0.3, 0.4) is 0 Å². The molecule has 1 saturated carbocycles. The lowest BCUT2D eigenvalue weighted by molar-refractivity contribution is -0.188. The van der Waals surface area contributed by atoms with Crippen molar-refractivity contribution < 1.29 is 13.5 Å². The van der Waals surface area contributed by atoms with Crippen LogP contribution in [-0.4, -0.2) is 31.3 Å². The summed E-state index contributed by atoms with van der Waals surface area (Å²) in [6, 6.07) is 3.71. The smallest absolute Gasteiger partial charge is 0.191 e. The van der Waals surface area contributed by atoms with Crippen molar-refractivity contribution in [3.8, 4) is 0 Å². The highest BCUT2D eigenvalue weighted by Crippen LogP contribution is 2.51. The Morgan fingerprint density at radius 2 is 2.12 bits per heavy atom. The lowest BCUT2D eigenvalue weighted by Crippen LogP contribution is -2.71. The lowest BCUT2D eigenvalue weighted by atomic mass is 9.55. The van der Waals surface area contributed by atoms with E-state index in [-0.39, 0.29) is 53.6 Å². The number of nitrogens with one attached hydrogen (secondary N) is 2. The molecule has 1 aliphatic carbocycles. The fraction of sp³-hybridized carbons (Fsp3) is 0.632. The van der Waals surface area contributed by atoms with Gasteiger partial charge < -0.3 is 15.4 Å². The number of hydrogen-bond donors (Lipinski definition) is 2. The number of aliphatic imine (C=N–C) groups is 1. The number of rotatable bonds is 4. The number of hydrogen-bond acceptors (Lipinski definition) is 2. The van der Waals surface area contributed by atoms with Gasteiger partial charge in [0.2, 0.25) is 0 Å². The van der Waals surface area contributed by atoms with Crippen molar-refractivity contribution >= 4 is 29.9 Å². The summed E-state index contributed by atoms with van der Waals surface area (Å²) < 4.78 is 33.0. The highest BCUT2D eigenvalue weighted by Gasteiger charge is 2.58. The second-order valence-electron chi connectivity index (χ2n) is 7.47. The molecule has 0 aromatic heterocycles. The number of ether oxygens (including phenoxy) is 1. The molecule has 1 heterocycles. The Bertz CT molecular complexity index is 654. The molecule has 26 heavy (non-hydrogen) atoms. The Kier molecular flexibility index (Phi) is 7.24. The highest BCUT2D eigenvalue weighted by atomic mass is 127. The molecule has 146 valence electrons. The van der Waals surface area contributed by atoms with E-state index in [0.29, 0.717) is 18.4 Å². The van der Waals surface area contributed by atoms with E-state index in [9.17, 15) is 8.78 Å². The molecule has 3 unspecified atom stereocenters. The molecule has 0 bridgehead atoms. The molecule has 1 aliphatic heterocycles. The van der Waals surface area contributed by atoms with Crippen molar-refractivity contribution in [2.24, 2.45) is 16.3 Å². The molecule has 2 aliphatic rings. The van der Waals surface area contributed by atoms with Crippen LogP contribution < -0.4 is 10.6 Å². The summed E-state index contributed by atoms with van der Waals surface area (Å²) in [6.45, 7) is 8.02. The summed E-state index contributed by atoms with van der Waals surface area (Å²) in [5.41, 5.74) is 0.273. The Hall–Kier alpha value is -0.960. The van der Waals surface area contributed by atoms with E-state index >= 15 is 0 Å². The van der Waals surface area contributed by atoms with Gasteiger partial charge in [0, 0.05) is 36.1 Å². The number of benzene rings is 1. The minimum absolute atomic E-state index is 0.